The van der Waals surface area contributed by atoms with Gasteiger partial charge in [-0.2, -0.15) is 8.42 Å². The average Bonchev–Trinajstić information content (AvgIpc) is 2.72. The zero-order valence-corrected chi connectivity index (χ0v) is 16.4. The maximum atomic E-state index is 12.5. The Morgan fingerprint density at radius 3 is 2.11 bits per heavy atom. The molecule has 0 unspecified atom stereocenters. The minimum atomic E-state index is -4.27. The molecular weight excluding hydrogens is 386 g/mol. The van der Waals surface area contributed by atoms with Crippen LogP contribution in [0, 0.1) is 5.92 Å². The molecule has 0 saturated heterocycles. The maximum Gasteiger partial charge on any atom is 0.337 e. The smallest absolute Gasteiger partial charge is 0.337 e. The van der Waals surface area contributed by atoms with Gasteiger partial charge in [-0.3, -0.25) is 8.98 Å². The van der Waals surface area contributed by atoms with E-state index in [0.717, 1.165) is 7.11 Å². The van der Waals surface area contributed by atoms with Crippen molar-refractivity contribution in [3.05, 3.63) is 54.6 Å². The van der Waals surface area contributed by atoms with E-state index in [1.807, 2.05) is 0 Å². The van der Waals surface area contributed by atoms with Gasteiger partial charge in [0.25, 0.3) is 10.1 Å². The van der Waals surface area contributed by atoms with Crippen LogP contribution in [-0.2, 0) is 28.6 Å². The van der Waals surface area contributed by atoms with Crippen LogP contribution < -0.4 is 10.1 Å². The molecule has 2 aromatic carbocycles. The molecule has 2 rings (SSSR count). The fourth-order valence-electron chi connectivity index (χ4n) is 2.29. The van der Waals surface area contributed by atoms with Crippen LogP contribution >= 0.6 is 0 Å². The number of benzene rings is 2. The standard InChI is InChI=1S/C19H21NO7S/c1-13(18(21)20-14-9-11-15(25-2)12-10-14)17(19(22)26-3)27-28(23,24)16-7-5-4-6-8-16/h4-13,17H,1-3H3,(H,20,21)/t13-,17-/m0/s1. The molecule has 0 spiro atoms. The number of ether oxygens (including phenoxy) is 2. The Hall–Kier alpha value is -2.91. The maximum absolute atomic E-state index is 12.5. The summed E-state index contributed by atoms with van der Waals surface area (Å²) in [5, 5.41) is 2.60. The van der Waals surface area contributed by atoms with E-state index < -0.39 is 34.0 Å². The fraction of sp³-hybridized carbons (Fsp3) is 0.263. The molecule has 0 saturated carbocycles. The van der Waals surface area contributed by atoms with Crippen LogP contribution in [0.5, 0.6) is 5.75 Å². The lowest BCUT2D eigenvalue weighted by Crippen LogP contribution is -2.40. The summed E-state index contributed by atoms with van der Waals surface area (Å²) in [6, 6.07) is 13.8. The normalized spacial score (nSPS) is 13.2. The third-order valence-corrected chi connectivity index (χ3v) is 5.23. The van der Waals surface area contributed by atoms with E-state index in [4.69, 9.17) is 8.92 Å². The first kappa shape index (κ1) is 21.4. The monoisotopic (exact) mass is 407 g/mol. The lowest BCUT2D eigenvalue weighted by molar-refractivity contribution is -0.153. The van der Waals surface area contributed by atoms with Gasteiger partial charge in [0.15, 0.2) is 6.10 Å². The summed E-state index contributed by atoms with van der Waals surface area (Å²) in [7, 11) is -1.67. The number of anilines is 1. The molecule has 2 aromatic rings. The van der Waals surface area contributed by atoms with Gasteiger partial charge in [-0.1, -0.05) is 25.1 Å². The van der Waals surface area contributed by atoms with Gasteiger partial charge in [-0.25, -0.2) is 4.79 Å². The van der Waals surface area contributed by atoms with Gasteiger partial charge in [0.05, 0.1) is 25.0 Å². The van der Waals surface area contributed by atoms with E-state index in [0.29, 0.717) is 11.4 Å². The van der Waals surface area contributed by atoms with E-state index in [1.165, 1.54) is 38.3 Å². The SMILES string of the molecule is COC(=O)[C@@H](OS(=O)(=O)c1ccccc1)[C@H](C)C(=O)Nc1ccc(OC)cc1. The van der Waals surface area contributed by atoms with E-state index >= 15 is 0 Å². The minimum Gasteiger partial charge on any atom is -0.497 e. The Kier molecular flexibility index (Phi) is 7.13. The quantitative estimate of drug-likeness (QED) is 0.528. The van der Waals surface area contributed by atoms with Crippen LogP contribution in [0.15, 0.2) is 59.5 Å². The van der Waals surface area contributed by atoms with Crippen LogP contribution in [0.2, 0.25) is 0 Å². The van der Waals surface area contributed by atoms with Crippen molar-refractivity contribution in [3.63, 3.8) is 0 Å². The van der Waals surface area contributed by atoms with Crippen LogP contribution in [0.4, 0.5) is 5.69 Å². The van der Waals surface area contributed by atoms with Gasteiger partial charge >= 0.3 is 5.97 Å². The average molecular weight is 407 g/mol. The molecule has 0 radical (unpaired) electrons. The second-order valence-corrected chi connectivity index (χ2v) is 7.39. The number of methoxy groups -OCH3 is 2. The molecule has 150 valence electrons. The summed E-state index contributed by atoms with van der Waals surface area (Å²) in [4.78, 5) is 24.5. The van der Waals surface area contributed by atoms with Gasteiger partial charge in [0.1, 0.15) is 5.75 Å². The number of nitrogens with one attached hydrogen (secondary N) is 1. The van der Waals surface area contributed by atoms with E-state index in [2.05, 4.69) is 10.1 Å². The highest BCUT2D eigenvalue weighted by Gasteiger charge is 2.37. The van der Waals surface area contributed by atoms with Crippen LogP contribution in [0.1, 0.15) is 6.92 Å². The molecule has 0 bridgehead atoms. The molecule has 1 amide bonds. The van der Waals surface area contributed by atoms with Crippen molar-refractivity contribution in [3.8, 4) is 5.75 Å². The number of esters is 1. The van der Waals surface area contributed by atoms with Gasteiger partial charge in [0.2, 0.25) is 5.91 Å². The van der Waals surface area contributed by atoms with Crippen molar-refractivity contribution in [1.29, 1.82) is 0 Å². The third kappa shape index (κ3) is 5.30. The van der Waals surface area contributed by atoms with Gasteiger partial charge in [-0.05, 0) is 36.4 Å². The lowest BCUT2D eigenvalue weighted by Gasteiger charge is -2.21. The van der Waals surface area contributed by atoms with Crippen LogP contribution in [0.25, 0.3) is 0 Å². The molecule has 0 aliphatic rings. The molecule has 28 heavy (non-hydrogen) atoms. The molecule has 0 aliphatic heterocycles. The number of hydrogen-bond donors (Lipinski definition) is 1. The Bertz CT molecular complexity index is 911. The zero-order valence-electron chi connectivity index (χ0n) is 15.6. The number of rotatable bonds is 8. The Labute approximate surface area is 163 Å². The largest absolute Gasteiger partial charge is 0.497 e. The highest BCUT2D eigenvalue weighted by atomic mass is 32.2. The van der Waals surface area contributed by atoms with Crippen molar-refractivity contribution in [2.45, 2.75) is 17.9 Å². The number of amides is 1. The molecule has 8 nitrogen and oxygen atoms in total. The zero-order chi connectivity index (χ0) is 20.7. The van der Waals surface area contributed by atoms with E-state index in [-0.39, 0.29) is 4.90 Å². The third-order valence-electron chi connectivity index (χ3n) is 3.92. The highest BCUT2D eigenvalue weighted by molar-refractivity contribution is 7.86. The number of hydrogen-bond acceptors (Lipinski definition) is 7. The Balaban J connectivity index is 2.19. The summed E-state index contributed by atoms with van der Waals surface area (Å²) in [5.74, 6) is -2.12. The van der Waals surface area contributed by atoms with Crippen LogP contribution in [0.3, 0.4) is 0 Å². The van der Waals surface area contributed by atoms with Crippen molar-refractivity contribution in [2.24, 2.45) is 5.92 Å². The predicted molar refractivity (Wildman–Crippen MR) is 101 cm³/mol. The molecule has 0 aliphatic carbocycles. The van der Waals surface area contributed by atoms with Crippen molar-refractivity contribution >= 4 is 27.7 Å². The fourth-order valence-corrected chi connectivity index (χ4v) is 3.41. The summed E-state index contributed by atoms with van der Waals surface area (Å²) >= 11 is 0. The van der Waals surface area contributed by atoms with E-state index in [9.17, 15) is 18.0 Å². The van der Waals surface area contributed by atoms with Gasteiger partial charge < -0.3 is 14.8 Å². The molecule has 0 fully saturated rings. The summed E-state index contributed by atoms with van der Waals surface area (Å²) < 4.78 is 39.6. The molecule has 0 aromatic heterocycles. The lowest BCUT2D eigenvalue weighted by atomic mass is 10.0. The van der Waals surface area contributed by atoms with Crippen molar-refractivity contribution < 1.29 is 31.7 Å². The molecule has 2 atom stereocenters. The molecular formula is C19H21NO7S. The predicted octanol–water partition coefficient (Wildman–Crippen LogP) is 2.22. The van der Waals surface area contributed by atoms with Crippen molar-refractivity contribution in [1.82, 2.24) is 0 Å². The molecule has 9 heteroatoms. The number of carbonyl (C=O) groups is 2. The number of carbonyl (C=O) groups excluding carboxylic acids is 2. The second kappa shape index (κ2) is 9.34. The first-order chi connectivity index (χ1) is 13.3. The first-order valence-electron chi connectivity index (χ1n) is 8.29. The van der Waals surface area contributed by atoms with Gasteiger partial charge in [0, 0.05) is 5.69 Å². The summed E-state index contributed by atoms with van der Waals surface area (Å²) in [6.45, 7) is 1.38. The van der Waals surface area contributed by atoms with Crippen molar-refractivity contribution in [2.75, 3.05) is 19.5 Å². The Morgan fingerprint density at radius 2 is 1.57 bits per heavy atom. The second-order valence-electron chi connectivity index (χ2n) is 5.81. The summed E-state index contributed by atoms with van der Waals surface area (Å²) in [6.07, 6.45) is -1.64. The van der Waals surface area contributed by atoms with Gasteiger partial charge in [-0.15, -0.1) is 0 Å². The minimum absolute atomic E-state index is 0.133. The highest BCUT2D eigenvalue weighted by Crippen LogP contribution is 2.21. The Morgan fingerprint density at radius 1 is 0.964 bits per heavy atom. The summed E-state index contributed by atoms with van der Waals surface area (Å²) in [5.41, 5.74) is 0.451. The topological polar surface area (TPSA) is 108 Å². The van der Waals surface area contributed by atoms with E-state index in [1.54, 1.807) is 30.3 Å². The first-order valence-corrected chi connectivity index (χ1v) is 9.70. The molecule has 1 N–H and O–H groups in total. The van der Waals surface area contributed by atoms with Crippen LogP contribution in [-0.4, -0.2) is 40.6 Å². The molecule has 0 heterocycles.